The summed E-state index contributed by atoms with van der Waals surface area (Å²) in [6.45, 7) is 1.39. The van der Waals surface area contributed by atoms with Crippen molar-refractivity contribution in [2.24, 2.45) is 5.73 Å². The van der Waals surface area contributed by atoms with Gasteiger partial charge in [0.2, 0.25) is 0 Å². The van der Waals surface area contributed by atoms with Gasteiger partial charge in [-0.3, -0.25) is 0 Å². The Morgan fingerprint density at radius 2 is 2.23 bits per heavy atom. The van der Waals surface area contributed by atoms with Gasteiger partial charge in [-0.05, 0) is 6.92 Å². The molecule has 0 spiro atoms. The van der Waals surface area contributed by atoms with Crippen LogP contribution in [0.1, 0.15) is 5.69 Å². The lowest BCUT2D eigenvalue weighted by atomic mass is 10.3. The molecule has 0 saturated carbocycles. The SMILES string of the molecule is Cc1cncn1CC(N)C(F)(F)F. The summed E-state index contributed by atoms with van der Waals surface area (Å²) in [6, 6.07) is -1.83. The Hall–Kier alpha value is -1.04. The molecule has 0 saturated heterocycles. The Balaban J connectivity index is 2.65. The summed E-state index contributed by atoms with van der Waals surface area (Å²) < 4.78 is 37.4. The number of imidazole rings is 1. The highest BCUT2D eigenvalue weighted by atomic mass is 19.4. The van der Waals surface area contributed by atoms with E-state index in [1.54, 1.807) is 6.92 Å². The van der Waals surface area contributed by atoms with Crippen LogP contribution in [0.25, 0.3) is 0 Å². The second-order valence-electron chi connectivity index (χ2n) is 2.84. The van der Waals surface area contributed by atoms with Crippen molar-refractivity contribution in [2.45, 2.75) is 25.7 Å². The van der Waals surface area contributed by atoms with Crippen LogP contribution in [0.2, 0.25) is 0 Å². The van der Waals surface area contributed by atoms with Gasteiger partial charge < -0.3 is 10.3 Å². The summed E-state index contributed by atoms with van der Waals surface area (Å²) in [5.74, 6) is 0. The van der Waals surface area contributed by atoms with Crippen molar-refractivity contribution in [1.29, 1.82) is 0 Å². The predicted molar refractivity (Wildman–Crippen MR) is 41.0 cm³/mol. The largest absolute Gasteiger partial charge is 0.405 e. The van der Waals surface area contributed by atoms with Crippen LogP contribution in [-0.4, -0.2) is 21.8 Å². The van der Waals surface area contributed by atoms with E-state index in [0.29, 0.717) is 5.69 Å². The highest BCUT2D eigenvalue weighted by Gasteiger charge is 2.36. The summed E-state index contributed by atoms with van der Waals surface area (Å²) >= 11 is 0. The zero-order valence-electron chi connectivity index (χ0n) is 7.04. The molecule has 2 N–H and O–H groups in total. The van der Waals surface area contributed by atoms with Gasteiger partial charge in [-0.25, -0.2) is 4.98 Å². The van der Waals surface area contributed by atoms with E-state index < -0.39 is 12.2 Å². The maximum Gasteiger partial charge on any atom is 0.405 e. The molecule has 0 radical (unpaired) electrons. The number of nitrogens with two attached hydrogens (primary N) is 1. The monoisotopic (exact) mass is 193 g/mol. The van der Waals surface area contributed by atoms with Crippen LogP contribution in [0, 0.1) is 6.92 Å². The van der Waals surface area contributed by atoms with Crippen molar-refractivity contribution in [3.8, 4) is 0 Å². The average molecular weight is 193 g/mol. The van der Waals surface area contributed by atoms with Crippen LogP contribution >= 0.6 is 0 Å². The van der Waals surface area contributed by atoms with Crippen LogP contribution in [-0.2, 0) is 6.54 Å². The van der Waals surface area contributed by atoms with Gasteiger partial charge >= 0.3 is 6.18 Å². The third kappa shape index (κ3) is 2.45. The van der Waals surface area contributed by atoms with E-state index in [1.807, 2.05) is 0 Å². The molecule has 3 nitrogen and oxygen atoms in total. The maximum absolute atomic E-state index is 12.0. The quantitative estimate of drug-likeness (QED) is 0.763. The molecule has 74 valence electrons. The Bertz CT molecular complexity index is 279. The predicted octanol–water partition coefficient (Wildman–Crippen LogP) is 1.08. The minimum absolute atomic E-state index is 0.282. The van der Waals surface area contributed by atoms with E-state index in [9.17, 15) is 13.2 Å². The number of aryl methyl sites for hydroxylation is 1. The molecule has 13 heavy (non-hydrogen) atoms. The molecule has 0 aliphatic rings. The maximum atomic E-state index is 12.0. The molecule has 6 heteroatoms. The Morgan fingerprint density at radius 3 is 2.62 bits per heavy atom. The van der Waals surface area contributed by atoms with E-state index >= 15 is 0 Å². The van der Waals surface area contributed by atoms with Gasteiger partial charge in [0.05, 0.1) is 6.33 Å². The highest BCUT2D eigenvalue weighted by molar-refractivity contribution is 4.95. The normalized spacial score (nSPS) is 14.5. The van der Waals surface area contributed by atoms with Crippen LogP contribution in [0.15, 0.2) is 12.5 Å². The van der Waals surface area contributed by atoms with Gasteiger partial charge in [-0.2, -0.15) is 13.2 Å². The van der Waals surface area contributed by atoms with Gasteiger partial charge in [0, 0.05) is 18.4 Å². The van der Waals surface area contributed by atoms with Gasteiger partial charge in [-0.1, -0.05) is 0 Å². The zero-order chi connectivity index (χ0) is 10.1. The molecule has 1 unspecified atom stereocenters. The molecule has 0 bridgehead atoms. The van der Waals surface area contributed by atoms with Crippen LogP contribution < -0.4 is 5.73 Å². The molecule has 1 atom stereocenters. The molecule has 0 fully saturated rings. The second kappa shape index (κ2) is 3.37. The van der Waals surface area contributed by atoms with Crippen LogP contribution in [0.3, 0.4) is 0 Å². The standard InChI is InChI=1S/C7H10F3N3/c1-5-2-12-4-13(5)3-6(11)7(8,9)10/h2,4,6H,3,11H2,1H3. The summed E-state index contributed by atoms with van der Waals surface area (Å²) in [6.07, 6.45) is -1.53. The molecular weight excluding hydrogens is 183 g/mol. The fraction of sp³-hybridized carbons (Fsp3) is 0.571. The van der Waals surface area contributed by atoms with Crippen molar-refractivity contribution in [2.75, 3.05) is 0 Å². The number of alkyl halides is 3. The lowest BCUT2D eigenvalue weighted by molar-refractivity contribution is -0.150. The summed E-state index contributed by atoms with van der Waals surface area (Å²) in [5, 5.41) is 0. The van der Waals surface area contributed by atoms with E-state index in [0.717, 1.165) is 0 Å². The zero-order valence-corrected chi connectivity index (χ0v) is 7.04. The first kappa shape index (κ1) is 10.0. The van der Waals surface area contributed by atoms with Crippen molar-refractivity contribution in [3.63, 3.8) is 0 Å². The number of hydrogen-bond donors (Lipinski definition) is 1. The average Bonchev–Trinajstić information content (AvgIpc) is 2.34. The number of halogens is 3. The molecule has 0 aliphatic heterocycles. The van der Waals surface area contributed by atoms with Crippen molar-refractivity contribution in [3.05, 3.63) is 18.2 Å². The summed E-state index contributed by atoms with van der Waals surface area (Å²) in [5.41, 5.74) is 5.60. The second-order valence-corrected chi connectivity index (χ2v) is 2.84. The highest BCUT2D eigenvalue weighted by Crippen LogP contribution is 2.19. The van der Waals surface area contributed by atoms with E-state index in [1.165, 1.54) is 17.1 Å². The Morgan fingerprint density at radius 1 is 1.62 bits per heavy atom. The minimum Gasteiger partial charge on any atom is -0.333 e. The van der Waals surface area contributed by atoms with Crippen LogP contribution in [0.5, 0.6) is 0 Å². The van der Waals surface area contributed by atoms with Crippen molar-refractivity contribution >= 4 is 0 Å². The fourth-order valence-corrected chi connectivity index (χ4v) is 0.893. The van der Waals surface area contributed by atoms with Crippen LogP contribution in [0.4, 0.5) is 13.2 Å². The lowest BCUT2D eigenvalue weighted by Gasteiger charge is -2.16. The number of nitrogens with zero attached hydrogens (tertiary/aromatic N) is 2. The lowest BCUT2D eigenvalue weighted by Crippen LogP contribution is -2.40. The molecule has 1 aromatic heterocycles. The third-order valence-electron chi connectivity index (χ3n) is 1.73. The van der Waals surface area contributed by atoms with Crippen molar-refractivity contribution in [1.82, 2.24) is 9.55 Å². The van der Waals surface area contributed by atoms with Gasteiger partial charge in [0.25, 0.3) is 0 Å². The first-order chi connectivity index (χ1) is 5.91. The molecule has 0 aromatic carbocycles. The smallest absolute Gasteiger partial charge is 0.333 e. The first-order valence-electron chi connectivity index (χ1n) is 3.70. The number of rotatable bonds is 2. The Labute approximate surface area is 73.4 Å². The molecule has 1 aromatic rings. The van der Waals surface area contributed by atoms with Gasteiger partial charge in [0.15, 0.2) is 0 Å². The van der Waals surface area contributed by atoms with E-state index in [4.69, 9.17) is 5.73 Å². The molecule has 0 amide bonds. The van der Waals surface area contributed by atoms with E-state index in [2.05, 4.69) is 4.98 Å². The fourth-order valence-electron chi connectivity index (χ4n) is 0.893. The third-order valence-corrected chi connectivity index (χ3v) is 1.73. The summed E-state index contributed by atoms with van der Waals surface area (Å²) in [7, 11) is 0. The Kier molecular flexibility index (Phi) is 2.60. The van der Waals surface area contributed by atoms with Crippen molar-refractivity contribution < 1.29 is 13.2 Å². The summed E-state index contributed by atoms with van der Waals surface area (Å²) in [4.78, 5) is 3.70. The molecular formula is C7H10F3N3. The molecule has 0 aliphatic carbocycles. The minimum atomic E-state index is -4.35. The van der Waals surface area contributed by atoms with Gasteiger partial charge in [0.1, 0.15) is 6.04 Å². The number of aromatic nitrogens is 2. The van der Waals surface area contributed by atoms with Gasteiger partial charge in [-0.15, -0.1) is 0 Å². The molecule has 1 heterocycles. The van der Waals surface area contributed by atoms with E-state index in [-0.39, 0.29) is 6.54 Å². The number of hydrogen-bond acceptors (Lipinski definition) is 2. The topological polar surface area (TPSA) is 43.8 Å². The molecule has 1 rings (SSSR count). The first-order valence-corrected chi connectivity index (χ1v) is 3.70.